The molecular formula is C7H14ClNO2. The zero-order valence-electron chi connectivity index (χ0n) is 6.50. The van der Waals surface area contributed by atoms with Crippen LogP contribution in [0.5, 0.6) is 0 Å². The zero-order chi connectivity index (χ0) is 8.43. The highest BCUT2D eigenvalue weighted by molar-refractivity contribution is 6.18. The summed E-state index contributed by atoms with van der Waals surface area (Å²) >= 11 is 5.58. The summed E-state index contributed by atoms with van der Waals surface area (Å²) in [5.41, 5.74) is 0. The van der Waals surface area contributed by atoms with Gasteiger partial charge in [-0.3, -0.25) is 0 Å². The third kappa shape index (κ3) is 1.85. The first-order chi connectivity index (χ1) is 5.16. The van der Waals surface area contributed by atoms with E-state index in [2.05, 4.69) is 5.32 Å². The second kappa shape index (κ2) is 3.72. The minimum atomic E-state index is -0.531. The normalized spacial score (nSPS) is 45.8. The van der Waals surface area contributed by atoms with E-state index in [1.165, 1.54) is 0 Å². The van der Waals surface area contributed by atoms with Crippen LogP contribution in [-0.2, 0) is 0 Å². The second-order valence-electron chi connectivity index (χ2n) is 3.09. The fourth-order valence-corrected chi connectivity index (χ4v) is 1.61. The largest absolute Gasteiger partial charge is 0.391 e. The summed E-state index contributed by atoms with van der Waals surface area (Å²) in [6.07, 6.45) is -0.985. The molecule has 66 valence electrons. The van der Waals surface area contributed by atoms with Crippen molar-refractivity contribution in [3.63, 3.8) is 0 Å². The van der Waals surface area contributed by atoms with Gasteiger partial charge in [-0.15, -0.1) is 11.6 Å². The molecular weight excluding hydrogens is 166 g/mol. The van der Waals surface area contributed by atoms with Crippen LogP contribution in [0.25, 0.3) is 0 Å². The Labute approximate surface area is 71.4 Å². The first-order valence-corrected chi connectivity index (χ1v) is 4.35. The van der Waals surface area contributed by atoms with E-state index in [1.807, 2.05) is 6.92 Å². The van der Waals surface area contributed by atoms with E-state index in [9.17, 15) is 10.2 Å². The zero-order valence-corrected chi connectivity index (χ0v) is 7.25. The highest BCUT2D eigenvalue weighted by Gasteiger charge is 2.33. The van der Waals surface area contributed by atoms with E-state index in [1.54, 1.807) is 0 Å². The number of nitrogens with one attached hydrogen (secondary N) is 1. The summed E-state index contributed by atoms with van der Waals surface area (Å²) < 4.78 is 0. The molecule has 4 heteroatoms. The van der Waals surface area contributed by atoms with Crippen molar-refractivity contribution in [3.8, 4) is 0 Å². The molecule has 0 aromatic rings. The summed E-state index contributed by atoms with van der Waals surface area (Å²) in [6, 6.07) is -0.0740. The summed E-state index contributed by atoms with van der Waals surface area (Å²) in [6.45, 7) is 2.35. The number of alkyl halides is 1. The van der Waals surface area contributed by atoms with Crippen molar-refractivity contribution in [1.82, 2.24) is 5.32 Å². The summed E-state index contributed by atoms with van der Waals surface area (Å²) in [4.78, 5) is 0. The molecule has 1 fully saturated rings. The van der Waals surface area contributed by atoms with Crippen molar-refractivity contribution in [3.05, 3.63) is 0 Å². The van der Waals surface area contributed by atoms with Gasteiger partial charge in [0.05, 0.1) is 12.2 Å². The van der Waals surface area contributed by atoms with Crippen LogP contribution in [0.15, 0.2) is 0 Å². The third-order valence-corrected chi connectivity index (χ3v) is 2.65. The fraction of sp³-hybridized carbons (Fsp3) is 1.00. The molecule has 1 heterocycles. The maximum Gasteiger partial charge on any atom is 0.0755 e. The van der Waals surface area contributed by atoms with Crippen LogP contribution in [0.3, 0.4) is 0 Å². The van der Waals surface area contributed by atoms with Gasteiger partial charge in [0, 0.05) is 24.4 Å². The lowest BCUT2D eigenvalue weighted by Gasteiger charge is -2.36. The van der Waals surface area contributed by atoms with Gasteiger partial charge in [-0.1, -0.05) is 6.92 Å². The summed E-state index contributed by atoms with van der Waals surface area (Å²) in [5.74, 6) is 0.304. The molecule has 11 heavy (non-hydrogen) atoms. The van der Waals surface area contributed by atoms with Gasteiger partial charge in [-0.05, 0) is 0 Å². The molecule has 4 atom stereocenters. The number of aliphatic hydroxyl groups is 2. The molecule has 0 aliphatic carbocycles. The molecule has 0 aromatic heterocycles. The molecule has 1 saturated heterocycles. The number of hydrogen-bond donors (Lipinski definition) is 3. The standard InChI is InChI=1S/C7H14ClNO2/c1-4-6(10)3-9-5(2-8)7(4)11/h4-7,9-11H,2-3H2,1H3/t4-,5-,6+,7-/m1/s1. The Kier molecular flexibility index (Phi) is 3.13. The Morgan fingerprint density at radius 3 is 2.73 bits per heavy atom. The van der Waals surface area contributed by atoms with Crippen LogP contribution in [-0.4, -0.2) is 40.9 Å². The van der Waals surface area contributed by atoms with Gasteiger partial charge in [0.15, 0.2) is 0 Å². The molecule has 0 bridgehead atoms. The third-order valence-electron chi connectivity index (χ3n) is 2.31. The molecule has 1 aliphatic rings. The molecule has 0 saturated carbocycles. The van der Waals surface area contributed by atoms with Gasteiger partial charge in [-0.2, -0.15) is 0 Å². The van der Waals surface area contributed by atoms with Crippen LogP contribution >= 0.6 is 11.6 Å². The minimum Gasteiger partial charge on any atom is -0.391 e. The van der Waals surface area contributed by atoms with E-state index in [4.69, 9.17) is 11.6 Å². The van der Waals surface area contributed by atoms with Gasteiger partial charge in [-0.25, -0.2) is 0 Å². The monoisotopic (exact) mass is 179 g/mol. The van der Waals surface area contributed by atoms with E-state index >= 15 is 0 Å². The smallest absolute Gasteiger partial charge is 0.0755 e. The predicted octanol–water partition coefficient (Wildman–Crippen LogP) is -0.445. The van der Waals surface area contributed by atoms with E-state index in [0.29, 0.717) is 12.4 Å². The number of piperidine rings is 1. The SMILES string of the molecule is C[C@H]1[C@@H](O)[C@@H](CCl)NC[C@@H]1O. The van der Waals surface area contributed by atoms with E-state index < -0.39 is 12.2 Å². The van der Waals surface area contributed by atoms with Gasteiger partial charge in [0.1, 0.15) is 0 Å². The molecule has 1 aliphatic heterocycles. The van der Waals surface area contributed by atoms with E-state index in [0.717, 1.165) is 0 Å². The molecule has 3 N–H and O–H groups in total. The molecule has 0 unspecified atom stereocenters. The van der Waals surface area contributed by atoms with Crippen LogP contribution in [0, 0.1) is 5.92 Å². The van der Waals surface area contributed by atoms with Crippen molar-refractivity contribution < 1.29 is 10.2 Å². The first-order valence-electron chi connectivity index (χ1n) is 3.82. The number of rotatable bonds is 1. The average Bonchev–Trinajstić information content (AvgIpc) is 2.01. The Balaban J connectivity index is 2.52. The highest BCUT2D eigenvalue weighted by atomic mass is 35.5. The molecule has 1 rings (SSSR count). The van der Waals surface area contributed by atoms with Gasteiger partial charge < -0.3 is 15.5 Å². The topological polar surface area (TPSA) is 52.5 Å². The quantitative estimate of drug-likeness (QED) is 0.479. The lowest BCUT2D eigenvalue weighted by molar-refractivity contribution is -0.0238. The average molecular weight is 180 g/mol. The maximum atomic E-state index is 9.50. The van der Waals surface area contributed by atoms with Crippen LogP contribution < -0.4 is 5.32 Å². The molecule has 0 amide bonds. The Hall–Kier alpha value is 0.170. The van der Waals surface area contributed by atoms with Crippen molar-refractivity contribution >= 4 is 11.6 Å². The minimum absolute atomic E-state index is 0.0740. The van der Waals surface area contributed by atoms with Gasteiger partial charge >= 0.3 is 0 Å². The molecule has 3 nitrogen and oxygen atoms in total. The highest BCUT2D eigenvalue weighted by Crippen LogP contribution is 2.17. The lowest BCUT2D eigenvalue weighted by atomic mass is 9.89. The Morgan fingerprint density at radius 2 is 2.18 bits per heavy atom. The summed E-state index contributed by atoms with van der Waals surface area (Å²) in [5, 5.41) is 21.8. The van der Waals surface area contributed by atoms with Gasteiger partial charge in [0.2, 0.25) is 0 Å². The van der Waals surface area contributed by atoms with Crippen molar-refractivity contribution in [2.24, 2.45) is 5.92 Å². The number of aliphatic hydroxyl groups excluding tert-OH is 2. The summed E-state index contributed by atoms with van der Waals surface area (Å²) in [7, 11) is 0. The van der Waals surface area contributed by atoms with Crippen molar-refractivity contribution in [1.29, 1.82) is 0 Å². The second-order valence-corrected chi connectivity index (χ2v) is 3.39. The number of hydrogen-bond acceptors (Lipinski definition) is 3. The van der Waals surface area contributed by atoms with Gasteiger partial charge in [0.25, 0.3) is 0 Å². The predicted molar refractivity (Wildman–Crippen MR) is 43.7 cm³/mol. The molecule has 0 radical (unpaired) electrons. The Morgan fingerprint density at radius 1 is 1.55 bits per heavy atom. The fourth-order valence-electron chi connectivity index (χ4n) is 1.32. The van der Waals surface area contributed by atoms with Crippen LogP contribution in [0.4, 0.5) is 0 Å². The lowest BCUT2D eigenvalue weighted by Crippen LogP contribution is -2.56. The maximum absolute atomic E-state index is 9.50. The van der Waals surface area contributed by atoms with E-state index in [-0.39, 0.29) is 12.0 Å². The molecule has 0 spiro atoms. The molecule has 0 aromatic carbocycles. The number of β-amino-alcohol motifs (C(OH)–C–C–N with tert-alkyl or cyclic N) is 1. The number of halogens is 1. The van der Waals surface area contributed by atoms with Crippen molar-refractivity contribution in [2.75, 3.05) is 12.4 Å². The van der Waals surface area contributed by atoms with Crippen molar-refractivity contribution in [2.45, 2.75) is 25.2 Å². The van der Waals surface area contributed by atoms with Crippen LogP contribution in [0.2, 0.25) is 0 Å². The Bertz CT molecular complexity index is 132. The van der Waals surface area contributed by atoms with Crippen LogP contribution in [0.1, 0.15) is 6.92 Å². The first kappa shape index (κ1) is 9.26.